The molecule has 1 aliphatic heterocycles. The minimum absolute atomic E-state index is 0.0504. The predicted molar refractivity (Wildman–Crippen MR) is 73.0 cm³/mol. The molecule has 0 spiro atoms. The average molecular weight is 277 g/mol. The van der Waals surface area contributed by atoms with Crippen LogP contribution in [0.15, 0.2) is 30.3 Å². The van der Waals surface area contributed by atoms with E-state index in [9.17, 15) is 9.59 Å². The lowest BCUT2D eigenvalue weighted by Gasteiger charge is -2.25. The van der Waals surface area contributed by atoms with E-state index in [0.717, 1.165) is 5.56 Å². The van der Waals surface area contributed by atoms with Crippen LogP contribution < -0.4 is 0 Å². The maximum Gasteiger partial charge on any atom is 0.413 e. The zero-order valence-corrected chi connectivity index (χ0v) is 12.0. The molecule has 2 rings (SSSR count). The second-order valence-corrected chi connectivity index (χ2v) is 5.75. The lowest BCUT2D eigenvalue weighted by atomic mass is 10.1. The van der Waals surface area contributed by atoms with Gasteiger partial charge in [0.25, 0.3) is 0 Å². The van der Waals surface area contributed by atoms with Crippen molar-refractivity contribution in [3.8, 4) is 0 Å². The van der Waals surface area contributed by atoms with Gasteiger partial charge in [0, 0.05) is 6.42 Å². The zero-order chi connectivity index (χ0) is 14.8. The third kappa shape index (κ3) is 3.50. The summed E-state index contributed by atoms with van der Waals surface area (Å²) < 4.78 is 10.3. The summed E-state index contributed by atoms with van der Waals surface area (Å²) >= 11 is 0. The average Bonchev–Trinajstić information content (AvgIpc) is 2.70. The van der Waals surface area contributed by atoms with Crippen molar-refractivity contribution in [2.24, 2.45) is 0 Å². The molecule has 1 aliphatic rings. The van der Waals surface area contributed by atoms with Gasteiger partial charge in [-0.15, -0.1) is 0 Å². The highest BCUT2D eigenvalue weighted by molar-refractivity contribution is 5.84. The number of hydrogen-bond donors (Lipinski definition) is 0. The van der Waals surface area contributed by atoms with Gasteiger partial charge < -0.3 is 9.47 Å². The summed E-state index contributed by atoms with van der Waals surface area (Å²) in [6.07, 6.45) is -0.0943. The molecule has 0 aromatic heterocycles. The fourth-order valence-electron chi connectivity index (χ4n) is 1.98. The Kier molecular flexibility index (Phi) is 3.97. The molecule has 1 amide bonds. The molecule has 20 heavy (non-hydrogen) atoms. The van der Waals surface area contributed by atoms with Crippen LogP contribution in [0.4, 0.5) is 4.79 Å². The third-order valence-electron chi connectivity index (χ3n) is 2.89. The Balaban J connectivity index is 2.09. The van der Waals surface area contributed by atoms with Gasteiger partial charge in [-0.1, -0.05) is 30.3 Å². The molecule has 0 saturated carbocycles. The molecule has 0 unspecified atom stereocenters. The maximum absolute atomic E-state index is 12.1. The van der Waals surface area contributed by atoms with Crippen molar-refractivity contribution in [1.82, 2.24) is 4.90 Å². The van der Waals surface area contributed by atoms with Gasteiger partial charge in [0.05, 0.1) is 0 Å². The van der Waals surface area contributed by atoms with Crippen LogP contribution in [0.1, 0.15) is 26.3 Å². The molecule has 1 aromatic carbocycles. The highest BCUT2D eigenvalue weighted by Gasteiger charge is 2.39. The number of rotatable bonds is 2. The normalized spacial score (nSPS) is 18.9. The zero-order valence-electron chi connectivity index (χ0n) is 12.0. The summed E-state index contributed by atoms with van der Waals surface area (Å²) in [6.45, 7) is 5.31. The Morgan fingerprint density at radius 3 is 2.60 bits per heavy atom. The predicted octanol–water partition coefficient (Wildman–Crippen LogP) is 2.35. The summed E-state index contributed by atoms with van der Waals surface area (Å²) in [5.41, 5.74) is 0.380. The fourth-order valence-corrected chi connectivity index (χ4v) is 1.98. The van der Waals surface area contributed by atoms with Crippen LogP contribution >= 0.6 is 0 Å². The van der Waals surface area contributed by atoms with Crippen LogP contribution in [0.2, 0.25) is 0 Å². The van der Waals surface area contributed by atoms with Crippen LogP contribution in [-0.4, -0.2) is 35.3 Å². The molecule has 0 radical (unpaired) electrons. The molecule has 1 aromatic rings. The van der Waals surface area contributed by atoms with E-state index in [1.54, 1.807) is 20.8 Å². The van der Waals surface area contributed by atoms with E-state index < -0.39 is 17.7 Å². The Labute approximate surface area is 118 Å². The smallest absolute Gasteiger partial charge is 0.413 e. The van der Waals surface area contributed by atoms with Crippen molar-refractivity contribution in [2.45, 2.75) is 38.8 Å². The molecule has 0 N–H and O–H groups in total. The minimum Gasteiger partial charge on any atom is -0.444 e. The summed E-state index contributed by atoms with van der Waals surface area (Å²) in [5.74, 6) is -0.389. The lowest BCUT2D eigenvalue weighted by molar-refractivity contribution is -0.139. The van der Waals surface area contributed by atoms with Crippen LogP contribution in [0, 0.1) is 0 Å². The summed E-state index contributed by atoms with van der Waals surface area (Å²) in [6, 6.07) is 8.91. The van der Waals surface area contributed by atoms with Gasteiger partial charge in [-0.05, 0) is 26.3 Å². The number of carbonyl (C=O) groups is 2. The summed E-state index contributed by atoms with van der Waals surface area (Å²) in [7, 11) is 0. The molecule has 0 bridgehead atoms. The molecule has 108 valence electrons. The number of ether oxygens (including phenoxy) is 2. The first-order valence-electron chi connectivity index (χ1n) is 6.57. The highest BCUT2D eigenvalue weighted by atomic mass is 16.6. The Morgan fingerprint density at radius 1 is 1.35 bits per heavy atom. The number of benzene rings is 1. The number of amides is 1. The molecular weight excluding hydrogens is 258 g/mol. The van der Waals surface area contributed by atoms with Crippen molar-refractivity contribution in [1.29, 1.82) is 0 Å². The molecule has 5 nitrogen and oxygen atoms in total. The Bertz CT molecular complexity index is 492. The molecular formula is C15H19NO4. The van der Waals surface area contributed by atoms with Crippen LogP contribution in [0.3, 0.4) is 0 Å². The van der Waals surface area contributed by atoms with Crippen molar-refractivity contribution < 1.29 is 19.1 Å². The van der Waals surface area contributed by atoms with E-state index >= 15 is 0 Å². The molecule has 5 heteroatoms. The molecule has 1 heterocycles. The molecule has 1 saturated heterocycles. The van der Waals surface area contributed by atoms with E-state index in [1.807, 2.05) is 30.3 Å². The van der Waals surface area contributed by atoms with Crippen molar-refractivity contribution in [2.75, 3.05) is 6.73 Å². The third-order valence-corrected chi connectivity index (χ3v) is 2.89. The number of cyclic esters (lactones) is 1. The first-order valence-corrected chi connectivity index (χ1v) is 6.57. The number of carbonyl (C=O) groups excluding carboxylic acids is 2. The number of esters is 1. The largest absolute Gasteiger partial charge is 0.444 e. The maximum atomic E-state index is 12.1. The van der Waals surface area contributed by atoms with Crippen LogP contribution in [0.25, 0.3) is 0 Å². The van der Waals surface area contributed by atoms with Gasteiger partial charge >= 0.3 is 12.1 Å². The quantitative estimate of drug-likeness (QED) is 0.779. The van der Waals surface area contributed by atoms with Crippen molar-refractivity contribution >= 4 is 12.1 Å². The van der Waals surface area contributed by atoms with Gasteiger partial charge in [0.2, 0.25) is 0 Å². The van der Waals surface area contributed by atoms with Gasteiger partial charge in [0.1, 0.15) is 11.6 Å². The van der Waals surface area contributed by atoms with E-state index in [1.165, 1.54) is 4.90 Å². The Morgan fingerprint density at radius 2 is 2.00 bits per heavy atom. The second kappa shape index (κ2) is 5.53. The van der Waals surface area contributed by atoms with Gasteiger partial charge in [-0.3, -0.25) is 4.90 Å². The van der Waals surface area contributed by atoms with Gasteiger partial charge in [-0.25, -0.2) is 9.59 Å². The van der Waals surface area contributed by atoms with E-state index in [4.69, 9.17) is 9.47 Å². The molecule has 1 atom stereocenters. The topological polar surface area (TPSA) is 55.8 Å². The van der Waals surface area contributed by atoms with Gasteiger partial charge in [0.15, 0.2) is 6.73 Å². The van der Waals surface area contributed by atoms with E-state index in [2.05, 4.69) is 0 Å². The highest BCUT2D eigenvalue weighted by Crippen LogP contribution is 2.20. The first kappa shape index (κ1) is 14.4. The van der Waals surface area contributed by atoms with Crippen LogP contribution in [-0.2, 0) is 20.7 Å². The number of nitrogens with zero attached hydrogens (tertiary/aromatic N) is 1. The van der Waals surface area contributed by atoms with Crippen molar-refractivity contribution in [3.63, 3.8) is 0 Å². The monoisotopic (exact) mass is 277 g/mol. The fraction of sp³-hybridized carbons (Fsp3) is 0.467. The number of hydrogen-bond acceptors (Lipinski definition) is 4. The van der Waals surface area contributed by atoms with E-state index in [0.29, 0.717) is 6.42 Å². The van der Waals surface area contributed by atoms with Crippen molar-refractivity contribution in [3.05, 3.63) is 35.9 Å². The van der Waals surface area contributed by atoms with Gasteiger partial charge in [-0.2, -0.15) is 0 Å². The molecule has 1 fully saturated rings. The summed E-state index contributed by atoms with van der Waals surface area (Å²) in [5, 5.41) is 0. The first-order chi connectivity index (χ1) is 9.37. The standard InChI is InChI=1S/C15H19NO4/c1-15(2,3)20-14(18)16-10-19-13(17)12(16)9-11-7-5-4-6-8-11/h4-8,12H,9-10H2,1-3H3/t12-/m0/s1. The SMILES string of the molecule is CC(C)(C)OC(=O)N1COC(=O)[C@@H]1Cc1ccccc1. The molecule has 0 aliphatic carbocycles. The minimum atomic E-state index is -0.618. The second-order valence-electron chi connectivity index (χ2n) is 5.75. The van der Waals surface area contributed by atoms with E-state index in [-0.39, 0.29) is 12.7 Å². The summed E-state index contributed by atoms with van der Waals surface area (Å²) in [4.78, 5) is 25.2. The Hall–Kier alpha value is -2.04. The van der Waals surface area contributed by atoms with Crippen LogP contribution in [0.5, 0.6) is 0 Å². The lowest BCUT2D eigenvalue weighted by Crippen LogP contribution is -2.42.